The predicted octanol–water partition coefficient (Wildman–Crippen LogP) is 3.82. The van der Waals surface area contributed by atoms with Gasteiger partial charge in [-0.05, 0) is 80.3 Å². The molecule has 2 saturated heterocycles. The average molecular weight is 492 g/mol. The molecule has 33 heavy (non-hydrogen) atoms. The Kier molecular flexibility index (Phi) is 7.54. The Hall–Kier alpha value is -2.19. The van der Waals surface area contributed by atoms with E-state index in [-0.39, 0.29) is 22.6 Å². The molecule has 0 amide bonds. The number of nitrogens with zero attached hydrogens (tertiary/aromatic N) is 3. The molecule has 5 rings (SSSR count). The third kappa shape index (κ3) is 5.16. The summed E-state index contributed by atoms with van der Waals surface area (Å²) in [6.45, 7) is 5.75. The standard InChI is InChI=1S/C26H30FN4O.Co/c1-28-10-12-32-22-6-3-18(4-7-22)25-14-26(23-13-21(27)5-8-24(23)29-25)31-16-19-9-11-30(2)15-20(19)17-31;/h3-4,6-8,13-14,19-20,28H,9-12,15-17H2,1-2H3;/q-1;. The maximum Gasteiger partial charge on any atom is 0.119 e. The molecule has 2 unspecified atom stereocenters. The molecule has 3 heterocycles. The summed E-state index contributed by atoms with van der Waals surface area (Å²) in [7, 11) is 4.11. The van der Waals surface area contributed by atoms with E-state index in [1.807, 2.05) is 31.3 Å². The maximum absolute atomic E-state index is 14.1. The first kappa shape index (κ1) is 23.9. The molecular formula is C26H30CoFN4O-. The second-order valence-corrected chi connectivity index (χ2v) is 9.06. The van der Waals surface area contributed by atoms with Crippen LogP contribution in [-0.2, 0) is 16.8 Å². The SMILES string of the molecule is CNCCOc1ccc(-c2cc(N3CC4CCN(C)CC4C3)c3cc(F)[c-]cc3n2)cc1.[Co]. The summed E-state index contributed by atoms with van der Waals surface area (Å²) >= 11 is 0. The summed E-state index contributed by atoms with van der Waals surface area (Å²) in [4.78, 5) is 9.71. The van der Waals surface area contributed by atoms with E-state index >= 15 is 0 Å². The second-order valence-electron chi connectivity index (χ2n) is 9.06. The van der Waals surface area contributed by atoms with Gasteiger partial charge in [0.15, 0.2) is 0 Å². The Morgan fingerprint density at radius 2 is 1.94 bits per heavy atom. The molecule has 177 valence electrons. The van der Waals surface area contributed by atoms with Crippen molar-refractivity contribution in [3.63, 3.8) is 0 Å². The topological polar surface area (TPSA) is 40.6 Å². The van der Waals surface area contributed by atoms with Crippen molar-refractivity contribution in [3.8, 4) is 17.0 Å². The Balaban J connectivity index is 0.00000259. The minimum atomic E-state index is -0.340. The molecule has 1 N–H and O–H groups in total. The molecule has 2 atom stereocenters. The Labute approximate surface area is 205 Å². The van der Waals surface area contributed by atoms with Crippen LogP contribution in [0.4, 0.5) is 10.1 Å². The molecule has 2 fully saturated rings. The van der Waals surface area contributed by atoms with Gasteiger partial charge in [0.2, 0.25) is 0 Å². The van der Waals surface area contributed by atoms with Gasteiger partial charge in [-0.2, -0.15) is 0 Å². The summed E-state index contributed by atoms with van der Waals surface area (Å²) in [6, 6.07) is 16.1. The van der Waals surface area contributed by atoms with Crippen LogP contribution < -0.4 is 15.0 Å². The summed E-state index contributed by atoms with van der Waals surface area (Å²) in [5.74, 6) is 1.86. The fourth-order valence-corrected chi connectivity index (χ4v) is 5.07. The zero-order valence-electron chi connectivity index (χ0n) is 19.1. The Morgan fingerprint density at radius 1 is 1.15 bits per heavy atom. The van der Waals surface area contributed by atoms with Crippen LogP contribution in [0.15, 0.2) is 42.5 Å². The first-order valence-corrected chi connectivity index (χ1v) is 11.4. The molecule has 2 aliphatic rings. The van der Waals surface area contributed by atoms with Crippen LogP contribution >= 0.6 is 0 Å². The van der Waals surface area contributed by atoms with Gasteiger partial charge >= 0.3 is 0 Å². The average Bonchev–Trinajstić information content (AvgIpc) is 3.22. The molecule has 0 bridgehead atoms. The molecule has 7 heteroatoms. The number of likely N-dealkylation sites (tertiary alicyclic amines) is 1. The van der Waals surface area contributed by atoms with Gasteiger partial charge in [-0.25, -0.2) is 4.39 Å². The molecule has 0 saturated carbocycles. The largest absolute Gasteiger partial charge is 0.492 e. The number of rotatable bonds is 6. The molecular weight excluding hydrogens is 462 g/mol. The second kappa shape index (κ2) is 10.4. The van der Waals surface area contributed by atoms with Gasteiger partial charge in [0.1, 0.15) is 12.4 Å². The predicted molar refractivity (Wildman–Crippen MR) is 127 cm³/mol. The van der Waals surface area contributed by atoms with E-state index in [0.29, 0.717) is 18.4 Å². The number of hydrogen-bond donors (Lipinski definition) is 1. The first-order valence-electron chi connectivity index (χ1n) is 11.4. The number of likely N-dealkylation sites (N-methyl/N-ethyl adjacent to an activating group) is 1. The number of halogens is 1. The van der Waals surface area contributed by atoms with Crippen LogP contribution in [0.3, 0.4) is 0 Å². The van der Waals surface area contributed by atoms with E-state index < -0.39 is 0 Å². The van der Waals surface area contributed by atoms with Crippen LogP contribution in [0.1, 0.15) is 6.42 Å². The molecule has 0 aliphatic carbocycles. The number of anilines is 1. The third-order valence-electron chi connectivity index (χ3n) is 6.80. The van der Waals surface area contributed by atoms with Gasteiger partial charge in [-0.15, -0.1) is 18.2 Å². The zero-order chi connectivity index (χ0) is 22.1. The van der Waals surface area contributed by atoms with Crippen LogP contribution in [0, 0.1) is 23.7 Å². The summed E-state index contributed by atoms with van der Waals surface area (Å²) in [5, 5.41) is 3.94. The van der Waals surface area contributed by atoms with Crippen molar-refractivity contribution >= 4 is 16.6 Å². The fourth-order valence-electron chi connectivity index (χ4n) is 5.07. The number of ether oxygens (including phenoxy) is 1. The normalized spacial score (nSPS) is 20.5. The molecule has 1 aromatic heterocycles. The maximum atomic E-state index is 14.1. The van der Waals surface area contributed by atoms with Gasteiger partial charge in [-0.1, -0.05) is 5.39 Å². The van der Waals surface area contributed by atoms with Crippen molar-refractivity contribution < 1.29 is 25.9 Å². The fraction of sp³-hybridized carbons (Fsp3) is 0.423. The van der Waals surface area contributed by atoms with E-state index in [1.54, 1.807) is 12.1 Å². The first-order chi connectivity index (χ1) is 15.6. The summed E-state index contributed by atoms with van der Waals surface area (Å²) in [5.41, 5.74) is 3.76. The number of piperidine rings is 1. The number of hydrogen-bond acceptors (Lipinski definition) is 5. The molecule has 5 nitrogen and oxygen atoms in total. The van der Waals surface area contributed by atoms with Gasteiger partial charge in [-0.3, -0.25) is 0 Å². The number of nitrogens with one attached hydrogen (secondary N) is 1. The molecule has 2 aliphatic heterocycles. The molecule has 1 radical (unpaired) electrons. The van der Waals surface area contributed by atoms with Gasteiger partial charge in [0.25, 0.3) is 0 Å². The Morgan fingerprint density at radius 3 is 2.73 bits per heavy atom. The van der Waals surface area contributed by atoms with Crippen molar-refractivity contribution in [2.24, 2.45) is 11.8 Å². The van der Waals surface area contributed by atoms with E-state index in [2.05, 4.69) is 34.3 Å². The molecule has 3 aromatic rings. The van der Waals surface area contributed by atoms with Crippen LogP contribution in [0.2, 0.25) is 0 Å². The minimum absolute atomic E-state index is 0. The van der Waals surface area contributed by atoms with Crippen LogP contribution in [-0.4, -0.2) is 63.3 Å². The zero-order valence-corrected chi connectivity index (χ0v) is 20.1. The van der Waals surface area contributed by atoms with E-state index in [9.17, 15) is 4.39 Å². The molecule has 0 spiro atoms. The number of benzene rings is 2. The van der Waals surface area contributed by atoms with Gasteiger partial charge in [0, 0.05) is 54.5 Å². The van der Waals surface area contributed by atoms with Crippen molar-refractivity contribution in [1.29, 1.82) is 0 Å². The number of fused-ring (bicyclic) bond motifs is 2. The van der Waals surface area contributed by atoms with Crippen molar-refractivity contribution in [3.05, 3.63) is 54.3 Å². The molecule has 2 aromatic carbocycles. The van der Waals surface area contributed by atoms with Crippen LogP contribution in [0.5, 0.6) is 5.75 Å². The number of pyridine rings is 1. The summed E-state index contributed by atoms with van der Waals surface area (Å²) in [6.07, 6.45) is 1.23. The Bertz CT molecular complexity index is 1090. The van der Waals surface area contributed by atoms with Crippen molar-refractivity contribution in [1.82, 2.24) is 15.2 Å². The van der Waals surface area contributed by atoms with Crippen molar-refractivity contribution in [2.45, 2.75) is 6.42 Å². The van der Waals surface area contributed by atoms with Crippen molar-refractivity contribution in [2.75, 3.05) is 58.3 Å². The van der Waals surface area contributed by atoms with E-state index in [4.69, 9.17) is 9.72 Å². The van der Waals surface area contributed by atoms with E-state index in [1.165, 1.54) is 6.42 Å². The van der Waals surface area contributed by atoms with Gasteiger partial charge in [0.05, 0.1) is 5.69 Å². The smallest absolute Gasteiger partial charge is 0.119 e. The quantitative estimate of drug-likeness (QED) is 0.419. The minimum Gasteiger partial charge on any atom is -0.492 e. The monoisotopic (exact) mass is 492 g/mol. The number of aromatic nitrogens is 1. The third-order valence-corrected chi connectivity index (χ3v) is 6.80. The summed E-state index contributed by atoms with van der Waals surface area (Å²) < 4.78 is 19.9. The van der Waals surface area contributed by atoms with E-state index in [0.717, 1.165) is 66.3 Å². The van der Waals surface area contributed by atoms with Gasteiger partial charge < -0.3 is 24.8 Å². The van der Waals surface area contributed by atoms with Crippen LogP contribution in [0.25, 0.3) is 22.2 Å².